The minimum atomic E-state index is -0.962. The summed E-state index contributed by atoms with van der Waals surface area (Å²) in [6, 6.07) is 9.91. The number of rotatable bonds is 3. The Labute approximate surface area is 118 Å². The van der Waals surface area contributed by atoms with Gasteiger partial charge >= 0.3 is 6.09 Å². The highest BCUT2D eigenvalue weighted by atomic mass is 35.5. The first-order chi connectivity index (χ1) is 8.66. The van der Waals surface area contributed by atoms with Crippen LogP contribution in [-0.2, 0) is 6.54 Å². The number of hydrogen-bond donors (Lipinski definition) is 3. The van der Waals surface area contributed by atoms with Gasteiger partial charge in [-0.15, -0.1) is 12.4 Å². The van der Waals surface area contributed by atoms with E-state index in [0.29, 0.717) is 19.5 Å². The summed E-state index contributed by atoms with van der Waals surface area (Å²) in [5.41, 5.74) is 1.16. The number of nitrogens with one attached hydrogen (secondary N) is 1. The summed E-state index contributed by atoms with van der Waals surface area (Å²) in [6.07, 6.45) is -0.963. The second-order valence-corrected chi connectivity index (χ2v) is 4.56. The minimum absolute atomic E-state index is 0. The molecule has 0 spiro atoms. The van der Waals surface area contributed by atoms with Crippen molar-refractivity contribution in [2.45, 2.75) is 25.1 Å². The molecule has 0 aromatic heterocycles. The van der Waals surface area contributed by atoms with Crippen molar-refractivity contribution in [2.75, 3.05) is 13.1 Å². The SMILES string of the molecule is Cl.O=C(O)N1CC[C@H](NCc2ccccc2)[C@@H](O)C1. The van der Waals surface area contributed by atoms with Gasteiger partial charge < -0.3 is 20.4 Å². The molecule has 0 aliphatic carbocycles. The van der Waals surface area contributed by atoms with Crippen LogP contribution in [0.3, 0.4) is 0 Å². The molecular formula is C13H19ClN2O3. The molecule has 1 amide bonds. The fraction of sp³-hybridized carbons (Fsp3) is 0.462. The number of β-amino-alcohol motifs (C(OH)–C–C–N with tert-alkyl or cyclic N) is 1. The van der Waals surface area contributed by atoms with Crippen LogP contribution in [-0.4, -0.2) is 46.4 Å². The normalized spacial score (nSPS) is 22.7. The molecule has 0 unspecified atom stereocenters. The van der Waals surface area contributed by atoms with E-state index in [1.165, 1.54) is 4.90 Å². The summed E-state index contributed by atoms with van der Waals surface area (Å²) in [4.78, 5) is 12.0. The number of aliphatic hydroxyl groups excluding tert-OH is 1. The second kappa shape index (κ2) is 7.33. The third-order valence-electron chi connectivity index (χ3n) is 3.26. The van der Waals surface area contributed by atoms with Gasteiger partial charge in [-0.25, -0.2) is 4.79 Å². The summed E-state index contributed by atoms with van der Waals surface area (Å²) in [5.74, 6) is 0. The highest BCUT2D eigenvalue weighted by Crippen LogP contribution is 2.12. The zero-order valence-corrected chi connectivity index (χ0v) is 11.3. The number of nitrogens with zero attached hydrogens (tertiary/aromatic N) is 1. The third kappa shape index (κ3) is 4.38. The Kier molecular flexibility index (Phi) is 6.08. The fourth-order valence-electron chi connectivity index (χ4n) is 2.19. The lowest BCUT2D eigenvalue weighted by atomic mass is 10.0. The Bertz CT molecular complexity index is 402. The van der Waals surface area contributed by atoms with Gasteiger partial charge in [0.05, 0.1) is 12.6 Å². The Morgan fingerprint density at radius 2 is 2.05 bits per heavy atom. The Morgan fingerprint density at radius 3 is 2.63 bits per heavy atom. The molecule has 1 aliphatic rings. The number of benzene rings is 1. The van der Waals surface area contributed by atoms with Gasteiger partial charge in [-0.05, 0) is 12.0 Å². The molecule has 1 aromatic carbocycles. The lowest BCUT2D eigenvalue weighted by Crippen LogP contribution is -2.53. The number of carbonyl (C=O) groups is 1. The van der Waals surface area contributed by atoms with Crippen molar-refractivity contribution in [1.82, 2.24) is 10.2 Å². The van der Waals surface area contributed by atoms with E-state index in [1.54, 1.807) is 0 Å². The topological polar surface area (TPSA) is 72.8 Å². The minimum Gasteiger partial charge on any atom is -0.465 e. The van der Waals surface area contributed by atoms with E-state index in [0.717, 1.165) is 5.56 Å². The first-order valence-corrected chi connectivity index (χ1v) is 6.10. The summed E-state index contributed by atoms with van der Waals surface area (Å²) in [7, 11) is 0. The Morgan fingerprint density at radius 1 is 1.37 bits per heavy atom. The molecule has 0 radical (unpaired) electrons. The molecule has 1 aromatic rings. The quantitative estimate of drug-likeness (QED) is 0.783. The third-order valence-corrected chi connectivity index (χ3v) is 3.26. The van der Waals surface area contributed by atoms with Gasteiger partial charge in [-0.3, -0.25) is 0 Å². The fourth-order valence-corrected chi connectivity index (χ4v) is 2.19. The van der Waals surface area contributed by atoms with Gasteiger partial charge in [-0.2, -0.15) is 0 Å². The van der Waals surface area contributed by atoms with E-state index in [-0.39, 0.29) is 25.0 Å². The van der Waals surface area contributed by atoms with Crippen LogP contribution in [0.1, 0.15) is 12.0 Å². The van der Waals surface area contributed by atoms with Crippen molar-refractivity contribution in [3.63, 3.8) is 0 Å². The molecule has 3 N–H and O–H groups in total. The number of amides is 1. The maximum atomic E-state index is 10.8. The first kappa shape index (κ1) is 15.8. The van der Waals surface area contributed by atoms with Crippen LogP contribution >= 0.6 is 12.4 Å². The van der Waals surface area contributed by atoms with Crippen molar-refractivity contribution in [2.24, 2.45) is 0 Å². The summed E-state index contributed by atoms with van der Waals surface area (Å²) in [6.45, 7) is 1.34. The monoisotopic (exact) mass is 286 g/mol. The van der Waals surface area contributed by atoms with Crippen molar-refractivity contribution in [1.29, 1.82) is 0 Å². The number of likely N-dealkylation sites (tertiary alicyclic amines) is 1. The lowest BCUT2D eigenvalue weighted by Gasteiger charge is -2.34. The number of hydrogen-bond acceptors (Lipinski definition) is 3. The van der Waals surface area contributed by atoms with Crippen molar-refractivity contribution < 1.29 is 15.0 Å². The van der Waals surface area contributed by atoms with Crippen molar-refractivity contribution >= 4 is 18.5 Å². The van der Waals surface area contributed by atoms with Crippen LogP contribution < -0.4 is 5.32 Å². The van der Waals surface area contributed by atoms with Crippen LogP contribution in [0.5, 0.6) is 0 Å². The van der Waals surface area contributed by atoms with Gasteiger partial charge in [0.25, 0.3) is 0 Å². The van der Waals surface area contributed by atoms with Crippen LogP contribution in [0, 0.1) is 0 Å². The predicted molar refractivity (Wildman–Crippen MR) is 74.5 cm³/mol. The molecule has 106 valence electrons. The number of carboxylic acid groups (broad SMARTS) is 1. The summed E-state index contributed by atoms with van der Waals surface area (Å²) < 4.78 is 0. The molecule has 0 saturated carbocycles. The molecular weight excluding hydrogens is 268 g/mol. The van der Waals surface area contributed by atoms with E-state index >= 15 is 0 Å². The van der Waals surface area contributed by atoms with Crippen LogP contribution in [0.25, 0.3) is 0 Å². The molecule has 1 saturated heterocycles. The van der Waals surface area contributed by atoms with Gasteiger partial charge in [-0.1, -0.05) is 30.3 Å². The zero-order valence-electron chi connectivity index (χ0n) is 10.5. The van der Waals surface area contributed by atoms with Gasteiger partial charge in [0, 0.05) is 19.1 Å². The molecule has 1 heterocycles. The zero-order chi connectivity index (χ0) is 13.0. The maximum Gasteiger partial charge on any atom is 0.407 e. The molecule has 19 heavy (non-hydrogen) atoms. The number of piperidine rings is 1. The highest BCUT2D eigenvalue weighted by Gasteiger charge is 2.29. The highest BCUT2D eigenvalue weighted by molar-refractivity contribution is 5.85. The van der Waals surface area contributed by atoms with E-state index < -0.39 is 12.2 Å². The summed E-state index contributed by atoms with van der Waals surface area (Å²) >= 11 is 0. The van der Waals surface area contributed by atoms with E-state index in [9.17, 15) is 9.90 Å². The molecule has 2 atom stereocenters. The Balaban J connectivity index is 0.00000180. The predicted octanol–water partition coefficient (Wildman–Crippen LogP) is 1.31. The number of aliphatic hydroxyl groups is 1. The maximum absolute atomic E-state index is 10.8. The summed E-state index contributed by atoms with van der Waals surface area (Å²) in [5, 5.41) is 22.0. The molecule has 6 heteroatoms. The van der Waals surface area contributed by atoms with Crippen LogP contribution in [0.4, 0.5) is 4.79 Å². The first-order valence-electron chi connectivity index (χ1n) is 6.10. The van der Waals surface area contributed by atoms with Crippen molar-refractivity contribution in [3.8, 4) is 0 Å². The molecule has 1 aliphatic heterocycles. The molecule has 5 nitrogen and oxygen atoms in total. The average molecular weight is 287 g/mol. The van der Waals surface area contributed by atoms with Crippen LogP contribution in [0.2, 0.25) is 0 Å². The van der Waals surface area contributed by atoms with Crippen molar-refractivity contribution in [3.05, 3.63) is 35.9 Å². The van der Waals surface area contributed by atoms with E-state index in [2.05, 4.69) is 5.32 Å². The lowest BCUT2D eigenvalue weighted by molar-refractivity contribution is 0.0407. The van der Waals surface area contributed by atoms with Gasteiger partial charge in [0.15, 0.2) is 0 Å². The largest absolute Gasteiger partial charge is 0.465 e. The Hall–Kier alpha value is -1.30. The molecule has 0 bridgehead atoms. The van der Waals surface area contributed by atoms with Gasteiger partial charge in [0.1, 0.15) is 0 Å². The van der Waals surface area contributed by atoms with Crippen LogP contribution in [0.15, 0.2) is 30.3 Å². The molecule has 1 fully saturated rings. The smallest absolute Gasteiger partial charge is 0.407 e. The van der Waals surface area contributed by atoms with E-state index in [4.69, 9.17) is 5.11 Å². The molecule has 2 rings (SSSR count). The van der Waals surface area contributed by atoms with Gasteiger partial charge in [0.2, 0.25) is 0 Å². The second-order valence-electron chi connectivity index (χ2n) is 4.56. The van der Waals surface area contributed by atoms with E-state index in [1.807, 2.05) is 30.3 Å². The average Bonchev–Trinajstić information content (AvgIpc) is 2.38. The number of halogens is 1. The standard InChI is InChI=1S/C13H18N2O3.ClH/c16-12-9-15(13(17)18)7-6-11(12)14-8-10-4-2-1-3-5-10;/h1-5,11-12,14,16H,6-9H2,(H,17,18);1H/t11-,12-;/m0./s1.